The summed E-state index contributed by atoms with van der Waals surface area (Å²) in [4.78, 5) is 0. The first-order chi connectivity index (χ1) is 10.7. The van der Waals surface area contributed by atoms with E-state index in [1.807, 2.05) is 0 Å². The molecule has 0 aromatic rings. The summed E-state index contributed by atoms with van der Waals surface area (Å²) in [5.74, 6) is 2.32. The van der Waals surface area contributed by atoms with Crippen molar-refractivity contribution in [2.75, 3.05) is 6.61 Å². The molecule has 3 nitrogen and oxygen atoms in total. The van der Waals surface area contributed by atoms with Gasteiger partial charge < -0.3 is 15.3 Å². The van der Waals surface area contributed by atoms with Gasteiger partial charge in [0, 0.05) is 17.4 Å². The Morgan fingerprint density at radius 2 is 1.70 bits per heavy atom. The molecule has 130 valence electrons. The third kappa shape index (κ3) is 1.43. The number of hydrogen-bond acceptors (Lipinski definition) is 3. The van der Waals surface area contributed by atoms with Gasteiger partial charge in [-0.1, -0.05) is 20.8 Å². The molecule has 3 heteroatoms. The topological polar surface area (TPSA) is 60.7 Å². The Morgan fingerprint density at radius 1 is 0.957 bits per heavy atom. The Bertz CT molecular complexity index is 563. The van der Waals surface area contributed by atoms with Crippen LogP contribution in [0.1, 0.15) is 59.3 Å². The summed E-state index contributed by atoms with van der Waals surface area (Å²) in [6.07, 6.45) is 5.49. The summed E-state index contributed by atoms with van der Waals surface area (Å²) >= 11 is 0. The van der Waals surface area contributed by atoms with Gasteiger partial charge in [-0.3, -0.25) is 0 Å². The van der Waals surface area contributed by atoms with Crippen molar-refractivity contribution in [2.45, 2.75) is 71.5 Å². The van der Waals surface area contributed by atoms with Gasteiger partial charge in [-0.15, -0.1) is 0 Å². The standard InChI is InChI=1S/C20H32O3/c1-17(10-21)5-4-15(22)19(3)13(17)7-16(23)20-8-12-11(6-14(19)20)18(12,2)9-20/h11-16,21-23H,4-10H2,1-3H3/t11-,12+,13-,14+,15+,16+,17-,18-,19-,20-/m1/s1. The summed E-state index contributed by atoms with van der Waals surface area (Å²) in [5.41, 5.74) is 0.253. The first-order valence-corrected chi connectivity index (χ1v) is 9.69. The molecule has 0 aromatic heterocycles. The van der Waals surface area contributed by atoms with E-state index in [-0.39, 0.29) is 41.0 Å². The minimum absolute atomic E-state index is 0.0497. The average Bonchev–Trinajstić information content (AvgIpc) is 2.97. The van der Waals surface area contributed by atoms with Crippen LogP contribution in [0, 0.1) is 45.3 Å². The van der Waals surface area contributed by atoms with Crippen LogP contribution in [0.4, 0.5) is 0 Å². The van der Waals surface area contributed by atoms with Gasteiger partial charge in [0.25, 0.3) is 0 Å². The van der Waals surface area contributed by atoms with Crippen molar-refractivity contribution in [1.29, 1.82) is 0 Å². The van der Waals surface area contributed by atoms with Crippen molar-refractivity contribution in [2.24, 2.45) is 45.3 Å². The maximum atomic E-state index is 11.2. The third-order valence-corrected chi connectivity index (χ3v) is 10.1. The normalized spacial score (nSPS) is 69.1. The summed E-state index contributed by atoms with van der Waals surface area (Å²) in [5, 5.41) is 32.3. The lowest BCUT2D eigenvalue weighted by atomic mass is 9.38. The highest BCUT2D eigenvalue weighted by atomic mass is 16.3. The minimum atomic E-state index is -0.274. The second kappa shape index (κ2) is 3.99. The van der Waals surface area contributed by atoms with E-state index in [1.165, 1.54) is 19.3 Å². The molecule has 0 unspecified atom stereocenters. The highest BCUT2D eigenvalue weighted by molar-refractivity contribution is 5.29. The van der Waals surface area contributed by atoms with Gasteiger partial charge in [0.1, 0.15) is 0 Å². The summed E-state index contributed by atoms with van der Waals surface area (Å²) in [7, 11) is 0. The quantitative estimate of drug-likeness (QED) is 0.696. The van der Waals surface area contributed by atoms with E-state index in [2.05, 4.69) is 20.8 Å². The van der Waals surface area contributed by atoms with Crippen LogP contribution in [0.5, 0.6) is 0 Å². The van der Waals surface area contributed by atoms with Crippen molar-refractivity contribution in [3.63, 3.8) is 0 Å². The van der Waals surface area contributed by atoms with Crippen LogP contribution < -0.4 is 0 Å². The van der Waals surface area contributed by atoms with E-state index in [1.54, 1.807) is 0 Å². The van der Waals surface area contributed by atoms with E-state index in [9.17, 15) is 15.3 Å². The molecule has 0 heterocycles. The van der Waals surface area contributed by atoms with E-state index in [0.717, 1.165) is 31.1 Å². The first kappa shape index (κ1) is 15.2. The molecule has 10 atom stereocenters. The molecule has 3 N–H and O–H groups in total. The predicted molar refractivity (Wildman–Crippen MR) is 87.5 cm³/mol. The van der Waals surface area contributed by atoms with Crippen LogP contribution >= 0.6 is 0 Å². The molecule has 6 aliphatic rings. The van der Waals surface area contributed by atoms with Gasteiger partial charge in [0.05, 0.1) is 12.2 Å². The van der Waals surface area contributed by atoms with Crippen LogP contribution in [-0.4, -0.2) is 34.1 Å². The smallest absolute Gasteiger partial charge is 0.0602 e. The maximum absolute atomic E-state index is 11.2. The number of fused-ring (bicyclic) bond motifs is 1. The zero-order chi connectivity index (χ0) is 16.4. The molecule has 6 aliphatic carbocycles. The molecule has 0 radical (unpaired) electrons. The summed E-state index contributed by atoms with van der Waals surface area (Å²) in [6.45, 7) is 7.09. The van der Waals surface area contributed by atoms with Crippen LogP contribution in [-0.2, 0) is 0 Å². The highest BCUT2D eigenvalue weighted by Crippen LogP contribution is 2.85. The SMILES string of the molecule is C[C@]1(CO)CC[C@H](O)[C@]2(C)[C@@H]1C[C@H](O)[C@@]13C[C@H]4[C@@H](C[C@H]12)[C@@]4(C)C3. The van der Waals surface area contributed by atoms with E-state index in [4.69, 9.17) is 0 Å². The number of aliphatic hydroxyl groups excluding tert-OH is 3. The fourth-order valence-electron chi connectivity index (χ4n) is 8.73. The van der Waals surface area contributed by atoms with Gasteiger partial charge >= 0.3 is 0 Å². The van der Waals surface area contributed by atoms with Gasteiger partial charge in [-0.05, 0) is 73.0 Å². The molecule has 0 amide bonds. The lowest BCUT2D eigenvalue weighted by Crippen LogP contribution is -2.67. The Labute approximate surface area is 139 Å². The Morgan fingerprint density at radius 3 is 2.30 bits per heavy atom. The molecule has 0 aliphatic heterocycles. The molecule has 6 rings (SSSR count). The molecule has 6 fully saturated rings. The Kier molecular flexibility index (Phi) is 2.63. The van der Waals surface area contributed by atoms with E-state index >= 15 is 0 Å². The first-order valence-electron chi connectivity index (χ1n) is 9.69. The average molecular weight is 320 g/mol. The largest absolute Gasteiger partial charge is 0.396 e. The number of hydrogen-bond donors (Lipinski definition) is 3. The van der Waals surface area contributed by atoms with Crippen molar-refractivity contribution in [3.8, 4) is 0 Å². The predicted octanol–water partition coefficient (Wildman–Crippen LogP) is 2.58. The maximum Gasteiger partial charge on any atom is 0.0602 e. The van der Waals surface area contributed by atoms with E-state index < -0.39 is 0 Å². The number of aliphatic hydroxyl groups is 3. The summed E-state index contributed by atoms with van der Waals surface area (Å²) < 4.78 is 0. The molecule has 4 bridgehead atoms. The molecule has 23 heavy (non-hydrogen) atoms. The van der Waals surface area contributed by atoms with Gasteiger partial charge in [-0.2, -0.15) is 0 Å². The zero-order valence-electron chi connectivity index (χ0n) is 14.8. The second-order valence-corrected chi connectivity index (χ2v) is 10.7. The zero-order valence-corrected chi connectivity index (χ0v) is 14.8. The van der Waals surface area contributed by atoms with E-state index in [0.29, 0.717) is 11.3 Å². The molecule has 1 spiro atoms. The molecular weight excluding hydrogens is 288 g/mol. The van der Waals surface area contributed by atoms with Crippen molar-refractivity contribution >= 4 is 0 Å². The van der Waals surface area contributed by atoms with Crippen molar-refractivity contribution < 1.29 is 15.3 Å². The Balaban J connectivity index is 1.62. The third-order valence-electron chi connectivity index (χ3n) is 10.1. The summed E-state index contributed by atoms with van der Waals surface area (Å²) in [6, 6.07) is 0. The van der Waals surface area contributed by atoms with Crippen LogP contribution in [0.3, 0.4) is 0 Å². The van der Waals surface area contributed by atoms with Crippen molar-refractivity contribution in [1.82, 2.24) is 0 Å². The van der Waals surface area contributed by atoms with Crippen LogP contribution in [0.25, 0.3) is 0 Å². The molecule has 0 aromatic carbocycles. The lowest BCUT2D eigenvalue weighted by molar-refractivity contribution is -0.251. The fraction of sp³-hybridized carbons (Fsp3) is 1.00. The highest BCUT2D eigenvalue weighted by Gasteiger charge is 2.81. The van der Waals surface area contributed by atoms with Crippen molar-refractivity contribution in [3.05, 3.63) is 0 Å². The lowest BCUT2D eigenvalue weighted by Gasteiger charge is -2.68. The second-order valence-electron chi connectivity index (χ2n) is 10.7. The molecular formula is C20H32O3. The molecule has 6 saturated carbocycles. The molecule has 0 saturated heterocycles. The van der Waals surface area contributed by atoms with Crippen LogP contribution in [0.15, 0.2) is 0 Å². The van der Waals surface area contributed by atoms with Gasteiger partial charge in [0.2, 0.25) is 0 Å². The van der Waals surface area contributed by atoms with Gasteiger partial charge in [0.15, 0.2) is 0 Å². The Hall–Kier alpha value is -0.120. The van der Waals surface area contributed by atoms with Crippen LogP contribution in [0.2, 0.25) is 0 Å². The minimum Gasteiger partial charge on any atom is -0.396 e. The van der Waals surface area contributed by atoms with Gasteiger partial charge in [-0.25, -0.2) is 0 Å². The monoisotopic (exact) mass is 320 g/mol. The fourth-order valence-corrected chi connectivity index (χ4v) is 8.73. The number of rotatable bonds is 1.